The highest BCUT2D eigenvalue weighted by atomic mass is 32.2. The molecule has 1 heterocycles. The van der Waals surface area contributed by atoms with E-state index in [0.717, 1.165) is 38.9 Å². The van der Waals surface area contributed by atoms with Crippen molar-refractivity contribution in [2.45, 2.75) is 20.8 Å². The number of imide groups is 1. The molecule has 27 heavy (non-hydrogen) atoms. The van der Waals surface area contributed by atoms with Crippen molar-refractivity contribution in [3.63, 3.8) is 0 Å². The Balaban J connectivity index is 1.69. The van der Waals surface area contributed by atoms with Gasteiger partial charge in [-0.3, -0.25) is 19.3 Å². The maximum Gasteiger partial charge on any atom is 0.294 e. The first-order valence-corrected chi connectivity index (χ1v) is 9.34. The standard InChI is InChI=1S/C21H20N2O3S/c1-13-5-4-6-16(9-13)11-18-20(25)23(21(26)27-18)12-19(24)22-17-8-7-14(2)15(3)10-17/h4-11H,12H2,1-3H3,(H,22,24)/b18-11+. The summed E-state index contributed by atoms with van der Waals surface area (Å²) in [7, 11) is 0. The Morgan fingerprint density at radius 3 is 2.56 bits per heavy atom. The molecule has 0 unspecified atom stereocenters. The lowest BCUT2D eigenvalue weighted by atomic mass is 10.1. The van der Waals surface area contributed by atoms with Crippen LogP contribution in [0.3, 0.4) is 0 Å². The van der Waals surface area contributed by atoms with Crippen LogP contribution in [0, 0.1) is 20.8 Å². The van der Waals surface area contributed by atoms with E-state index in [1.54, 1.807) is 12.1 Å². The normalized spacial score (nSPS) is 15.5. The molecule has 3 rings (SSSR count). The minimum atomic E-state index is -0.443. The molecule has 138 valence electrons. The van der Waals surface area contributed by atoms with Gasteiger partial charge in [-0.15, -0.1) is 0 Å². The smallest absolute Gasteiger partial charge is 0.294 e. The van der Waals surface area contributed by atoms with Gasteiger partial charge < -0.3 is 5.32 Å². The average molecular weight is 380 g/mol. The first kappa shape index (κ1) is 18.9. The molecule has 0 saturated carbocycles. The lowest BCUT2D eigenvalue weighted by molar-refractivity contribution is -0.127. The quantitative estimate of drug-likeness (QED) is 0.804. The highest BCUT2D eigenvalue weighted by Gasteiger charge is 2.36. The highest BCUT2D eigenvalue weighted by Crippen LogP contribution is 2.32. The molecule has 1 fully saturated rings. The molecule has 1 aliphatic heterocycles. The van der Waals surface area contributed by atoms with Crippen molar-refractivity contribution >= 4 is 40.6 Å². The van der Waals surface area contributed by atoms with Crippen LogP contribution in [-0.4, -0.2) is 28.5 Å². The van der Waals surface area contributed by atoms with Crippen molar-refractivity contribution in [3.05, 3.63) is 69.6 Å². The van der Waals surface area contributed by atoms with Crippen LogP contribution < -0.4 is 5.32 Å². The molecule has 1 saturated heterocycles. The monoisotopic (exact) mass is 380 g/mol. The van der Waals surface area contributed by atoms with Crippen molar-refractivity contribution in [2.75, 3.05) is 11.9 Å². The van der Waals surface area contributed by atoms with Gasteiger partial charge in [-0.25, -0.2) is 0 Å². The molecule has 1 N–H and O–H groups in total. The van der Waals surface area contributed by atoms with E-state index in [0.29, 0.717) is 10.6 Å². The Labute approximate surface area is 162 Å². The number of thioether (sulfide) groups is 1. The van der Waals surface area contributed by atoms with E-state index in [1.165, 1.54) is 0 Å². The minimum absolute atomic E-state index is 0.303. The van der Waals surface area contributed by atoms with Gasteiger partial charge in [0.15, 0.2) is 0 Å². The number of carbonyl (C=O) groups is 3. The van der Waals surface area contributed by atoms with Crippen molar-refractivity contribution in [3.8, 4) is 0 Å². The molecule has 3 amide bonds. The van der Waals surface area contributed by atoms with Gasteiger partial charge in [-0.1, -0.05) is 35.9 Å². The zero-order chi connectivity index (χ0) is 19.6. The van der Waals surface area contributed by atoms with Crippen molar-refractivity contribution in [2.24, 2.45) is 0 Å². The third kappa shape index (κ3) is 4.46. The molecule has 6 heteroatoms. The number of aryl methyl sites for hydroxylation is 3. The summed E-state index contributed by atoms with van der Waals surface area (Å²) in [6.45, 7) is 5.60. The zero-order valence-electron chi connectivity index (χ0n) is 15.4. The fraction of sp³-hybridized carbons (Fsp3) is 0.190. The van der Waals surface area contributed by atoms with Gasteiger partial charge in [0.1, 0.15) is 6.54 Å². The summed E-state index contributed by atoms with van der Waals surface area (Å²) >= 11 is 0.854. The number of benzene rings is 2. The summed E-state index contributed by atoms with van der Waals surface area (Å²) in [6, 6.07) is 13.2. The van der Waals surface area contributed by atoms with Gasteiger partial charge in [0.05, 0.1) is 4.91 Å². The van der Waals surface area contributed by atoms with Gasteiger partial charge in [0.25, 0.3) is 11.1 Å². The number of carbonyl (C=O) groups excluding carboxylic acids is 3. The number of nitrogens with zero attached hydrogens (tertiary/aromatic N) is 1. The Hall–Kier alpha value is -2.86. The van der Waals surface area contributed by atoms with E-state index in [4.69, 9.17) is 0 Å². The molecular formula is C21H20N2O3S. The summed E-state index contributed by atoms with van der Waals surface area (Å²) in [4.78, 5) is 38.3. The zero-order valence-corrected chi connectivity index (χ0v) is 16.2. The fourth-order valence-corrected chi connectivity index (χ4v) is 3.55. The Morgan fingerprint density at radius 2 is 1.85 bits per heavy atom. The number of hydrogen-bond donors (Lipinski definition) is 1. The molecular weight excluding hydrogens is 360 g/mol. The predicted molar refractivity (Wildman–Crippen MR) is 108 cm³/mol. The second kappa shape index (κ2) is 7.80. The minimum Gasteiger partial charge on any atom is -0.325 e. The summed E-state index contributed by atoms with van der Waals surface area (Å²) in [5, 5.41) is 2.30. The Bertz CT molecular complexity index is 966. The van der Waals surface area contributed by atoms with Crippen LogP contribution in [0.5, 0.6) is 0 Å². The van der Waals surface area contributed by atoms with Gasteiger partial charge >= 0.3 is 0 Å². The van der Waals surface area contributed by atoms with E-state index in [9.17, 15) is 14.4 Å². The molecule has 5 nitrogen and oxygen atoms in total. The second-order valence-electron chi connectivity index (χ2n) is 6.53. The maximum absolute atomic E-state index is 12.5. The maximum atomic E-state index is 12.5. The van der Waals surface area contributed by atoms with Crippen molar-refractivity contribution < 1.29 is 14.4 Å². The van der Waals surface area contributed by atoms with Crippen molar-refractivity contribution in [1.82, 2.24) is 4.90 Å². The molecule has 0 atom stereocenters. The average Bonchev–Trinajstić information content (AvgIpc) is 2.86. The molecule has 2 aromatic rings. The van der Waals surface area contributed by atoms with Crippen LogP contribution >= 0.6 is 11.8 Å². The van der Waals surface area contributed by atoms with Crippen LogP contribution in [-0.2, 0) is 9.59 Å². The fourth-order valence-electron chi connectivity index (χ4n) is 2.71. The molecule has 0 bridgehead atoms. The number of amides is 3. The van der Waals surface area contributed by atoms with Crippen LogP contribution in [0.2, 0.25) is 0 Å². The number of hydrogen-bond acceptors (Lipinski definition) is 4. The molecule has 0 aromatic heterocycles. The topological polar surface area (TPSA) is 66.5 Å². The molecule has 0 spiro atoms. The SMILES string of the molecule is Cc1cccc(/C=C2/SC(=O)N(CC(=O)Nc3ccc(C)c(C)c3)C2=O)c1. The number of rotatable bonds is 4. The predicted octanol–water partition coefficient (Wildman–Crippen LogP) is 4.29. The van der Waals surface area contributed by atoms with Crippen LogP contribution in [0.4, 0.5) is 10.5 Å². The van der Waals surface area contributed by atoms with E-state index in [1.807, 2.05) is 57.2 Å². The summed E-state index contributed by atoms with van der Waals surface area (Å²) in [5.41, 5.74) is 4.74. The van der Waals surface area contributed by atoms with Crippen molar-refractivity contribution in [1.29, 1.82) is 0 Å². The largest absolute Gasteiger partial charge is 0.325 e. The van der Waals surface area contributed by atoms with E-state index in [-0.39, 0.29) is 6.54 Å². The van der Waals surface area contributed by atoms with Crippen LogP contribution in [0.15, 0.2) is 47.4 Å². The third-order valence-corrected chi connectivity index (χ3v) is 5.21. The van der Waals surface area contributed by atoms with Gasteiger partial charge in [0.2, 0.25) is 5.91 Å². The molecule has 2 aromatic carbocycles. The summed E-state index contributed by atoms with van der Waals surface area (Å²) in [6.07, 6.45) is 1.68. The summed E-state index contributed by atoms with van der Waals surface area (Å²) < 4.78 is 0. The van der Waals surface area contributed by atoms with E-state index in [2.05, 4.69) is 5.32 Å². The first-order valence-electron chi connectivity index (χ1n) is 8.52. The third-order valence-electron chi connectivity index (χ3n) is 4.31. The summed E-state index contributed by atoms with van der Waals surface area (Å²) in [5.74, 6) is -0.848. The van der Waals surface area contributed by atoms with E-state index < -0.39 is 17.1 Å². The van der Waals surface area contributed by atoms with Crippen LogP contribution in [0.25, 0.3) is 6.08 Å². The van der Waals surface area contributed by atoms with Gasteiger partial charge in [0, 0.05) is 5.69 Å². The molecule has 0 aliphatic carbocycles. The molecule has 1 aliphatic rings. The number of nitrogens with one attached hydrogen (secondary N) is 1. The Kier molecular flexibility index (Phi) is 5.46. The van der Waals surface area contributed by atoms with Crippen LogP contribution in [0.1, 0.15) is 22.3 Å². The Morgan fingerprint density at radius 1 is 1.07 bits per heavy atom. The van der Waals surface area contributed by atoms with E-state index >= 15 is 0 Å². The molecule has 0 radical (unpaired) electrons. The van der Waals surface area contributed by atoms with Gasteiger partial charge in [-0.2, -0.15) is 0 Å². The van der Waals surface area contributed by atoms with Gasteiger partial charge in [-0.05, 0) is 67.4 Å². The number of anilines is 1. The lowest BCUT2D eigenvalue weighted by Gasteiger charge is -2.13. The second-order valence-corrected chi connectivity index (χ2v) is 7.52. The lowest BCUT2D eigenvalue weighted by Crippen LogP contribution is -2.36. The first-order chi connectivity index (χ1) is 12.8. The highest BCUT2D eigenvalue weighted by molar-refractivity contribution is 8.18.